The minimum Gasteiger partial charge on any atom is -0.342 e. The van der Waals surface area contributed by atoms with Crippen molar-refractivity contribution in [3.63, 3.8) is 0 Å². The van der Waals surface area contributed by atoms with Crippen molar-refractivity contribution in [3.05, 3.63) is 24.0 Å². The lowest BCUT2D eigenvalue weighted by Gasteiger charge is -2.17. The zero-order chi connectivity index (χ0) is 14.0. The van der Waals surface area contributed by atoms with Gasteiger partial charge in [0.05, 0.1) is 17.1 Å². The van der Waals surface area contributed by atoms with Gasteiger partial charge >= 0.3 is 0 Å². The Hall–Kier alpha value is -1.88. The minimum absolute atomic E-state index is 0.148. The number of aromatic amines is 1. The zero-order valence-corrected chi connectivity index (χ0v) is 11.5. The molecule has 0 spiro atoms. The molecule has 0 saturated heterocycles. The fraction of sp³-hybridized carbons (Fsp3) is 0.429. The molecule has 0 aliphatic heterocycles. The number of H-pyrrole nitrogens is 1. The number of aromatic nitrogens is 2. The molecule has 0 unspecified atom stereocenters. The van der Waals surface area contributed by atoms with E-state index in [1.165, 1.54) is 0 Å². The maximum absolute atomic E-state index is 12.0. The van der Waals surface area contributed by atoms with Crippen molar-refractivity contribution in [2.45, 2.75) is 33.2 Å². The average molecular weight is 260 g/mol. The summed E-state index contributed by atoms with van der Waals surface area (Å²) in [6.07, 6.45) is 0.882. The number of carbonyl (C=O) groups excluding carboxylic acids is 1. The topological polar surface area (TPSA) is 83.8 Å². The molecule has 0 saturated carbocycles. The quantitative estimate of drug-likeness (QED) is 0.787. The van der Waals surface area contributed by atoms with Gasteiger partial charge in [-0.3, -0.25) is 4.79 Å². The smallest absolute Gasteiger partial charge is 0.241 e. The number of amides is 1. The first-order valence-electron chi connectivity index (χ1n) is 6.54. The van der Waals surface area contributed by atoms with E-state index in [0.29, 0.717) is 0 Å². The third-order valence-electron chi connectivity index (χ3n) is 3.43. The highest BCUT2D eigenvalue weighted by Crippen LogP contribution is 2.17. The molecular formula is C14H20N4O. The zero-order valence-electron chi connectivity index (χ0n) is 11.5. The second-order valence-electron chi connectivity index (χ2n) is 4.95. The molecule has 102 valence electrons. The van der Waals surface area contributed by atoms with Crippen molar-refractivity contribution >= 4 is 22.6 Å². The first-order valence-corrected chi connectivity index (χ1v) is 6.54. The summed E-state index contributed by atoms with van der Waals surface area (Å²) in [7, 11) is 0. The molecule has 2 rings (SSSR count). The Balaban J connectivity index is 2.14. The Labute approximate surface area is 112 Å². The normalized spacial score (nSPS) is 14.3. The molecule has 0 aliphatic rings. The molecule has 19 heavy (non-hydrogen) atoms. The van der Waals surface area contributed by atoms with Gasteiger partial charge in [0, 0.05) is 5.69 Å². The molecule has 4 N–H and O–H groups in total. The molecule has 0 fully saturated rings. The standard InChI is InChI=1S/C14H20N4O/c1-4-8(2)13(15)14(19)18-10-5-6-11-12(7-10)17-9(3)16-11/h5-8,13H,4,15H2,1-3H3,(H,16,17)(H,18,19)/t8-,13-/m0/s1. The van der Waals surface area contributed by atoms with Crippen molar-refractivity contribution < 1.29 is 4.79 Å². The summed E-state index contributed by atoms with van der Waals surface area (Å²) in [5.41, 5.74) is 8.44. The van der Waals surface area contributed by atoms with Crippen LogP contribution in [0.2, 0.25) is 0 Å². The maximum Gasteiger partial charge on any atom is 0.241 e. The molecule has 1 aromatic heterocycles. The van der Waals surface area contributed by atoms with E-state index in [9.17, 15) is 4.79 Å². The van der Waals surface area contributed by atoms with E-state index in [1.54, 1.807) is 0 Å². The number of imidazole rings is 1. The lowest BCUT2D eigenvalue weighted by Crippen LogP contribution is -2.40. The summed E-state index contributed by atoms with van der Waals surface area (Å²) in [5, 5.41) is 2.85. The molecule has 5 nitrogen and oxygen atoms in total. The number of carbonyl (C=O) groups is 1. The fourth-order valence-electron chi connectivity index (χ4n) is 1.95. The van der Waals surface area contributed by atoms with Gasteiger partial charge in [0.25, 0.3) is 0 Å². The van der Waals surface area contributed by atoms with Crippen LogP contribution in [0.1, 0.15) is 26.1 Å². The van der Waals surface area contributed by atoms with E-state index in [2.05, 4.69) is 15.3 Å². The van der Waals surface area contributed by atoms with Crippen LogP contribution >= 0.6 is 0 Å². The van der Waals surface area contributed by atoms with E-state index in [4.69, 9.17) is 5.73 Å². The first-order chi connectivity index (χ1) is 9.01. The van der Waals surface area contributed by atoms with E-state index >= 15 is 0 Å². The number of hydrogen-bond acceptors (Lipinski definition) is 3. The van der Waals surface area contributed by atoms with Gasteiger partial charge in [0.1, 0.15) is 5.82 Å². The van der Waals surface area contributed by atoms with Crippen molar-refractivity contribution in [2.75, 3.05) is 5.32 Å². The Morgan fingerprint density at radius 1 is 1.53 bits per heavy atom. The van der Waals surface area contributed by atoms with Crippen molar-refractivity contribution in [1.29, 1.82) is 0 Å². The number of aryl methyl sites for hydroxylation is 1. The van der Waals surface area contributed by atoms with Gasteiger partial charge in [0.15, 0.2) is 0 Å². The van der Waals surface area contributed by atoms with Gasteiger partial charge in [-0.2, -0.15) is 0 Å². The molecule has 2 atom stereocenters. The number of nitrogens with one attached hydrogen (secondary N) is 2. The molecule has 2 aromatic rings. The maximum atomic E-state index is 12.0. The number of anilines is 1. The lowest BCUT2D eigenvalue weighted by molar-refractivity contribution is -0.118. The van der Waals surface area contributed by atoms with Gasteiger partial charge in [0.2, 0.25) is 5.91 Å². The molecule has 1 heterocycles. The summed E-state index contributed by atoms with van der Waals surface area (Å²) in [6, 6.07) is 5.10. The predicted octanol–water partition coefficient (Wildman–Crippen LogP) is 2.18. The molecule has 1 aromatic carbocycles. The molecular weight excluding hydrogens is 240 g/mol. The van der Waals surface area contributed by atoms with Gasteiger partial charge < -0.3 is 16.0 Å². The fourth-order valence-corrected chi connectivity index (χ4v) is 1.95. The van der Waals surface area contributed by atoms with Crippen molar-refractivity contribution in [1.82, 2.24) is 9.97 Å². The van der Waals surface area contributed by atoms with Crippen molar-refractivity contribution in [3.8, 4) is 0 Å². The summed E-state index contributed by atoms with van der Waals surface area (Å²) in [5.74, 6) is 0.873. The number of fused-ring (bicyclic) bond motifs is 1. The molecule has 1 amide bonds. The highest BCUT2D eigenvalue weighted by Gasteiger charge is 2.19. The molecule has 0 aliphatic carbocycles. The Kier molecular flexibility index (Phi) is 3.85. The largest absolute Gasteiger partial charge is 0.342 e. The van der Waals surface area contributed by atoms with Crippen LogP contribution in [0.15, 0.2) is 18.2 Å². The van der Waals surface area contributed by atoms with Gasteiger partial charge in [-0.25, -0.2) is 4.98 Å². The number of hydrogen-bond donors (Lipinski definition) is 3. The monoisotopic (exact) mass is 260 g/mol. The third-order valence-corrected chi connectivity index (χ3v) is 3.43. The highest BCUT2D eigenvalue weighted by molar-refractivity contribution is 5.96. The van der Waals surface area contributed by atoms with Gasteiger partial charge in [-0.05, 0) is 31.0 Å². The Morgan fingerprint density at radius 3 is 2.95 bits per heavy atom. The lowest BCUT2D eigenvalue weighted by atomic mass is 9.99. The number of rotatable bonds is 4. The number of nitrogens with zero attached hydrogens (tertiary/aromatic N) is 1. The second kappa shape index (κ2) is 5.40. The van der Waals surface area contributed by atoms with Crippen molar-refractivity contribution in [2.24, 2.45) is 11.7 Å². The molecule has 0 bridgehead atoms. The van der Waals surface area contributed by atoms with Crippen LogP contribution in [0.5, 0.6) is 0 Å². The average Bonchev–Trinajstić information content (AvgIpc) is 2.76. The van der Waals surface area contributed by atoms with Gasteiger partial charge in [-0.15, -0.1) is 0 Å². The van der Waals surface area contributed by atoms with E-state index in [1.807, 2.05) is 39.0 Å². The van der Waals surface area contributed by atoms with Crippen LogP contribution < -0.4 is 11.1 Å². The van der Waals surface area contributed by atoms with E-state index in [0.717, 1.165) is 29.0 Å². The van der Waals surface area contributed by atoms with Crippen LogP contribution in [0.25, 0.3) is 11.0 Å². The number of benzene rings is 1. The predicted molar refractivity (Wildman–Crippen MR) is 76.9 cm³/mol. The summed E-state index contributed by atoms with van der Waals surface area (Å²) >= 11 is 0. The van der Waals surface area contributed by atoms with E-state index < -0.39 is 6.04 Å². The first kappa shape index (κ1) is 13.5. The second-order valence-corrected chi connectivity index (χ2v) is 4.95. The minimum atomic E-state index is -0.482. The van der Waals surface area contributed by atoms with E-state index in [-0.39, 0.29) is 11.8 Å². The Bertz CT molecular complexity index is 590. The summed E-state index contributed by atoms with van der Waals surface area (Å²) in [6.45, 7) is 5.90. The van der Waals surface area contributed by atoms with Crippen LogP contribution in [0.4, 0.5) is 5.69 Å². The number of nitrogens with two attached hydrogens (primary N) is 1. The molecule has 5 heteroatoms. The summed E-state index contributed by atoms with van der Waals surface area (Å²) in [4.78, 5) is 19.5. The highest BCUT2D eigenvalue weighted by atomic mass is 16.2. The third kappa shape index (κ3) is 2.93. The summed E-state index contributed by atoms with van der Waals surface area (Å²) < 4.78 is 0. The van der Waals surface area contributed by atoms with Gasteiger partial charge in [-0.1, -0.05) is 20.3 Å². The van der Waals surface area contributed by atoms with Crippen LogP contribution in [0, 0.1) is 12.8 Å². The van der Waals surface area contributed by atoms with Crippen LogP contribution in [-0.4, -0.2) is 21.9 Å². The Morgan fingerprint density at radius 2 is 2.26 bits per heavy atom. The molecule has 0 radical (unpaired) electrons. The SMILES string of the molecule is CC[C@H](C)[C@H](N)C(=O)Nc1ccc2nc(C)[nH]c2c1. The van der Waals surface area contributed by atoms with Crippen LogP contribution in [-0.2, 0) is 4.79 Å². The van der Waals surface area contributed by atoms with Crippen LogP contribution in [0.3, 0.4) is 0 Å².